The van der Waals surface area contributed by atoms with Gasteiger partial charge in [-0.05, 0) is 73.4 Å². The number of ketones is 1. The highest BCUT2D eigenvalue weighted by Gasteiger charge is 2.30. The number of carbonyl (C=O) groups is 4. The van der Waals surface area contributed by atoms with Crippen LogP contribution in [0.15, 0.2) is 72.8 Å². The smallest absolute Gasteiger partial charge is 0.328 e. The third-order valence-electron chi connectivity index (χ3n) is 6.56. The van der Waals surface area contributed by atoms with Crippen molar-refractivity contribution in [2.24, 2.45) is 0 Å². The Morgan fingerprint density at radius 1 is 0.628 bits per heavy atom. The van der Waals surface area contributed by atoms with Crippen LogP contribution >= 0.6 is 0 Å². The van der Waals surface area contributed by atoms with Gasteiger partial charge in [0.2, 0.25) is 11.8 Å². The van der Waals surface area contributed by atoms with Crippen LogP contribution in [0.5, 0.6) is 17.2 Å². The van der Waals surface area contributed by atoms with E-state index in [-0.39, 0.29) is 55.4 Å². The molecule has 3 aromatic rings. The first kappa shape index (κ1) is 32.6. The SMILES string of the molecule is CCOC(=O)[C@H](Cc1ccc(O)cc1)NC(=O)[C@H](Cc1ccc(O)cc1)NC(=O)[C@H](Cc1ccc(O)cc1)NCC(C)=O. The topological polar surface area (TPSA) is 174 Å². The molecule has 0 aromatic heterocycles. The molecular weight excluding hydrogens is 554 g/mol. The van der Waals surface area contributed by atoms with E-state index >= 15 is 0 Å². The number of hydrogen-bond acceptors (Lipinski definition) is 9. The highest BCUT2D eigenvalue weighted by molar-refractivity contribution is 5.92. The van der Waals surface area contributed by atoms with Gasteiger partial charge in [0.15, 0.2) is 0 Å². The van der Waals surface area contributed by atoms with Gasteiger partial charge in [-0.2, -0.15) is 0 Å². The fourth-order valence-corrected chi connectivity index (χ4v) is 4.32. The van der Waals surface area contributed by atoms with E-state index in [0.29, 0.717) is 16.7 Å². The molecule has 0 saturated carbocycles. The maximum absolute atomic E-state index is 13.7. The van der Waals surface area contributed by atoms with E-state index in [9.17, 15) is 34.5 Å². The van der Waals surface area contributed by atoms with E-state index in [2.05, 4.69) is 16.0 Å². The van der Waals surface area contributed by atoms with E-state index in [1.54, 1.807) is 43.3 Å². The van der Waals surface area contributed by atoms with Crippen molar-refractivity contribution >= 4 is 23.6 Å². The number of benzene rings is 3. The molecule has 0 fully saturated rings. The molecule has 43 heavy (non-hydrogen) atoms. The van der Waals surface area contributed by atoms with Crippen LogP contribution in [-0.4, -0.2) is 70.2 Å². The molecule has 0 spiro atoms. The zero-order chi connectivity index (χ0) is 31.4. The predicted molar refractivity (Wildman–Crippen MR) is 158 cm³/mol. The van der Waals surface area contributed by atoms with Gasteiger partial charge in [0.1, 0.15) is 35.1 Å². The Hall–Kier alpha value is -4.90. The van der Waals surface area contributed by atoms with Gasteiger partial charge in [-0.25, -0.2) is 4.79 Å². The summed E-state index contributed by atoms with van der Waals surface area (Å²) in [6, 6.07) is 15.5. The second-order valence-electron chi connectivity index (χ2n) is 10.1. The molecule has 3 aromatic carbocycles. The molecular formula is C32H37N3O8. The highest BCUT2D eigenvalue weighted by atomic mass is 16.5. The molecule has 2 amide bonds. The van der Waals surface area contributed by atoms with E-state index in [4.69, 9.17) is 4.74 Å². The molecule has 11 heteroatoms. The normalized spacial score (nSPS) is 12.9. The quantitative estimate of drug-likeness (QED) is 0.144. The summed E-state index contributed by atoms with van der Waals surface area (Å²) < 4.78 is 5.18. The summed E-state index contributed by atoms with van der Waals surface area (Å²) in [5, 5.41) is 37.3. The van der Waals surface area contributed by atoms with E-state index < -0.39 is 35.9 Å². The molecule has 0 aliphatic carbocycles. The number of carbonyl (C=O) groups excluding carboxylic acids is 4. The van der Waals surface area contributed by atoms with Crippen LogP contribution in [0.4, 0.5) is 0 Å². The number of nitrogens with one attached hydrogen (secondary N) is 3. The number of Topliss-reactive ketones (excluding diaryl/α,β-unsaturated/α-hetero) is 1. The van der Waals surface area contributed by atoms with Crippen molar-refractivity contribution in [1.82, 2.24) is 16.0 Å². The summed E-state index contributed by atoms with van der Waals surface area (Å²) in [5.74, 6) is -1.89. The largest absolute Gasteiger partial charge is 0.508 e. The Bertz CT molecular complexity index is 1380. The van der Waals surface area contributed by atoms with Crippen molar-refractivity contribution in [1.29, 1.82) is 0 Å². The first-order chi connectivity index (χ1) is 20.5. The van der Waals surface area contributed by atoms with Gasteiger partial charge in [0.25, 0.3) is 0 Å². The van der Waals surface area contributed by atoms with Gasteiger partial charge in [-0.15, -0.1) is 0 Å². The van der Waals surface area contributed by atoms with Gasteiger partial charge in [0.05, 0.1) is 19.2 Å². The Labute approximate surface area is 249 Å². The average Bonchev–Trinajstić information content (AvgIpc) is 2.97. The monoisotopic (exact) mass is 591 g/mol. The van der Waals surface area contributed by atoms with Crippen LogP contribution in [0.2, 0.25) is 0 Å². The molecule has 3 atom stereocenters. The van der Waals surface area contributed by atoms with Crippen molar-refractivity contribution in [2.75, 3.05) is 13.2 Å². The third-order valence-corrected chi connectivity index (χ3v) is 6.56. The van der Waals surface area contributed by atoms with Crippen molar-refractivity contribution in [3.8, 4) is 17.2 Å². The molecule has 0 unspecified atom stereocenters. The van der Waals surface area contributed by atoms with Gasteiger partial charge in [0, 0.05) is 12.8 Å². The number of amides is 2. The molecule has 0 radical (unpaired) electrons. The maximum Gasteiger partial charge on any atom is 0.328 e. The molecule has 0 bridgehead atoms. The average molecular weight is 592 g/mol. The second kappa shape index (κ2) is 15.9. The van der Waals surface area contributed by atoms with Crippen LogP contribution in [0.3, 0.4) is 0 Å². The minimum atomic E-state index is -1.14. The zero-order valence-electron chi connectivity index (χ0n) is 24.1. The van der Waals surface area contributed by atoms with E-state index in [0.717, 1.165) is 0 Å². The highest BCUT2D eigenvalue weighted by Crippen LogP contribution is 2.15. The standard InChI is InChI=1S/C32H37N3O8/c1-3-43-32(42)29(18-23-8-14-26(39)15-9-23)35-31(41)28(17-22-6-12-25(38)13-7-22)34-30(40)27(33-19-20(2)36)16-21-4-10-24(37)11-5-21/h4-15,27-29,33,37-39H,3,16-19H2,1-2H3,(H,34,40)(H,35,41)/t27-,28-,29-/m0/s1. The first-order valence-corrected chi connectivity index (χ1v) is 13.9. The number of aromatic hydroxyl groups is 3. The number of phenolic OH excluding ortho intramolecular Hbond substituents is 3. The van der Waals surface area contributed by atoms with Gasteiger partial charge >= 0.3 is 5.97 Å². The lowest BCUT2D eigenvalue weighted by molar-refractivity contribution is -0.147. The van der Waals surface area contributed by atoms with Crippen molar-refractivity contribution < 1.29 is 39.2 Å². The minimum Gasteiger partial charge on any atom is -0.508 e. The van der Waals surface area contributed by atoms with Crippen LogP contribution in [-0.2, 0) is 43.2 Å². The van der Waals surface area contributed by atoms with Crippen LogP contribution in [0.25, 0.3) is 0 Å². The fourth-order valence-electron chi connectivity index (χ4n) is 4.32. The van der Waals surface area contributed by atoms with E-state index in [1.165, 1.54) is 43.3 Å². The fraction of sp³-hybridized carbons (Fsp3) is 0.312. The molecule has 0 heterocycles. The van der Waals surface area contributed by atoms with E-state index in [1.807, 2.05) is 0 Å². The Morgan fingerprint density at radius 2 is 1.00 bits per heavy atom. The van der Waals surface area contributed by atoms with Gasteiger partial charge in [-0.1, -0.05) is 36.4 Å². The number of esters is 1. The maximum atomic E-state index is 13.7. The van der Waals surface area contributed by atoms with Crippen molar-refractivity contribution in [3.05, 3.63) is 89.5 Å². The molecule has 0 aliphatic rings. The lowest BCUT2D eigenvalue weighted by Crippen LogP contribution is -2.57. The molecule has 3 rings (SSSR count). The molecule has 11 nitrogen and oxygen atoms in total. The Balaban J connectivity index is 1.86. The van der Waals surface area contributed by atoms with Gasteiger partial charge < -0.3 is 30.7 Å². The molecule has 0 aliphatic heterocycles. The predicted octanol–water partition coefficient (Wildman–Crippen LogP) is 1.91. The number of ether oxygens (including phenoxy) is 1. The number of rotatable bonds is 15. The molecule has 0 saturated heterocycles. The third kappa shape index (κ3) is 10.8. The molecule has 228 valence electrons. The first-order valence-electron chi connectivity index (χ1n) is 13.9. The summed E-state index contributed by atoms with van der Waals surface area (Å²) in [4.78, 5) is 51.8. The minimum absolute atomic E-state index is 0.0330. The second-order valence-corrected chi connectivity index (χ2v) is 10.1. The van der Waals surface area contributed by atoms with Crippen molar-refractivity contribution in [2.45, 2.75) is 51.2 Å². The summed E-state index contributed by atoms with van der Waals surface area (Å²) in [6.45, 7) is 3.04. The van der Waals surface area contributed by atoms with Crippen LogP contribution < -0.4 is 16.0 Å². The summed E-state index contributed by atoms with van der Waals surface area (Å²) in [7, 11) is 0. The van der Waals surface area contributed by atoms with Crippen molar-refractivity contribution in [3.63, 3.8) is 0 Å². The summed E-state index contributed by atoms with van der Waals surface area (Å²) in [5.41, 5.74) is 2.01. The summed E-state index contributed by atoms with van der Waals surface area (Å²) in [6.07, 6.45) is 0.277. The molecule has 6 N–H and O–H groups in total. The zero-order valence-corrected chi connectivity index (χ0v) is 24.1. The lowest BCUT2D eigenvalue weighted by Gasteiger charge is -2.25. The Kier molecular flexibility index (Phi) is 12.1. The van der Waals surface area contributed by atoms with Crippen LogP contribution in [0.1, 0.15) is 30.5 Å². The lowest BCUT2D eigenvalue weighted by atomic mass is 10.0. The van der Waals surface area contributed by atoms with Crippen LogP contribution in [0, 0.1) is 0 Å². The van der Waals surface area contributed by atoms with Gasteiger partial charge in [-0.3, -0.25) is 19.7 Å². The summed E-state index contributed by atoms with van der Waals surface area (Å²) >= 11 is 0. The number of hydrogen-bond donors (Lipinski definition) is 6. The Morgan fingerprint density at radius 3 is 1.42 bits per heavy atom. The number of phenols is 3.